The molecule has 1 heterocycles. The third kappa shape index (κ3) is 2.60. The molecule has 18 heavy (non-hydrogen) atoms. The maximum Gasteiger partial charge on any atom is 0.139 e. The highest BCUT2D eigenvalue weighted by atomic mass is 16.1. The molecule has 1 aromatic rings. The van der Waals surface area contributed by atoms with Crippen molar-refractivity contribution in [3.63, 3.8) is 0 Å². The summed E-state index contributed by atoms with van der Waals surface area (Å²) in [5.41, 5.74) is 3.41. The monoisotopic (exact) mass is 246 g/mol. The number of aryl methyl sites for hydroxylation is 1. The van der Waals surface area contributed by atoms with Crippen molar-refractivity contribution in [1.82, 2.24) is 9.97 Å². The van der Waals surface area contributed by atoms with E-state index in [2.05, 4.69) is 23.8 Å². The summed E-state index contributed by atoms with van der Waals surface area (Å²) < 4.78 is 0. The lowest BCUT2D eigenvalue weighted by Crippen LogP contribution is -2.20. The second-order valence-electron chi connectivity index (χ2n) is 5.58. The fraction of sp³-hybridized carbons (Fsp3) is 0.667. The smallest absolute Gasteiger partial charge is 0.139 e. The van der Waals surface area contributed by atoms with Crippen LogP contribution < -0.4 is 0 Å². The van der Waals surface area contributed by atoms with Gasteiger partial charge in [0.05, 0.1) is 11.6 Å². The molecule has 2 rings (SSSR count). The van der Waals surface area contributed by atoms with Gasteiger partial charge in [0, 0.05) is 5.69 Å². The van der Waals surface area contributed by atoms with Gasteiger partial charge < -0.3 is 0 Å². The van der Waals surface area contributed by atoms with E-state index in [9.17, 15) is 4.79 Å². The van der Waals surface area contributed by atoms with Gasteiger partial charge >= 0.3 is 0 Å². The normalized spacial score (nSPS) is 17.1. The SMILES string of the molecule is CC(=O)C(c1ncnc2c1CCCCC2)C(C)C. The van der Waals surface area contributed by atoms with Crippen LogP contribution in [0.4, 0.5) is 0 Å². The van der Waals surface area contributed by atoms with Crippen LogP contribution in [-0.2, 0) is 17.6 Å². The van der Waals surface area contributed by atoms with E-state index in [0.29, 0.717) is 5.92 Å². The largest absolute Gasteiger partial charge is 0.299 e. The number of carbonyl (C=O) groups excluding carboxylic acids is 1. The lowest BCUT2D eigenvalue weighted by atomic mass is 9.85. The lowest BCUT2D eigenvalue weighted by molar-refractivity contribution is -0.119. The Bertz CT molecular complexity index is 440. The summed E-state index contributed by atoms with van der Waals surface area (Å²) in [6.45, 7) is 5.87. The molecule has 0 saturated carbocycles. The first-order chi connectivity index (χ1) is 8.61. The highest BCUT2D eigenvalue weighted by molar-refractivity contribution is 5.83. The Morgan fingerprint density at radius 1 is 1.17 bits per heavy atom. The predicted molar refractivity (Wildman–Crippen MR) is 71.6 cm³/mol. The summed E-state index contributed by atoms with van der Waals surface area (Å²) in [4.78, 5) is 20.8. The molecule has 1 unspecified atom stereocenters. The van der Waals surface area contributed by atoms with E-state index in [1.165, 1.54) is 30.5 Å². The fourth-order valence-electron chi connectivity index (χ4n) is 2.97. The zero-order chi connectivity index (χ0) is 13.1. The number of Topliss-reactive ketones (excluding diaryl/α,β-unsaturated/α-hetero) is 1. The van der Waals surface area contributed by atoms with Crippen LogP contribution in [0.15, 0.2) is 6.33 Å². The van der Waals surface area contributed by atoms with Gasteiger partial charge in [0.15, 0.2) is 0 Å². The molecule has 1 aliphatic carbocycles. The van der Waals surface area contributed by atoms with Crippen LogP contribution >= 0.6 is 0 Å². The summed E-state index contributed by atoms with van der Waals surface area (Å²) in [5, 5.41) is 0. The molecular weight excluding hydrogens is 224 g/mol. The summed E-state index contributed by atoms with van der Waals surface area (Å²) in [5.74, 6) is 0.444. The second-order valence-corrected chi connectivity index (χ2v) is 5.58. The van der Waals surface area contributed by atoms with E-state index < -0.39 is 0 Å². The molecule has 0 radical (unpaired) electrons. The molecule has 0 N–H and O–H groups in total. The number of fused-ring (bicyclic) bond motifs is 1. The van der Waals surface area contributed by atoms with E-state index in [1.807, 2.05) is 0 Å². The molecule has 0 saturated heterocycles. The second kappa shape index (κ2) is 5.59. The van der Waals surface area contributed by atoms with Crippen LogP contribution in [0.2, 0.25) is 0 Å². The zero-order valence-electron chi connectivity index (χ0n) is 11.6. The molecule has 0 spiro atoms. The number of carbonyl (C=O) groups is 1. The van der Waals surface area contributed by atoms with E-state index in [-0.39, 0.29) is 11.7 Å². The first-order valence-electron chi connectivity index (χ1n) is 6.94. The molecule has 0 amide bonds. The van der Waals surface area contributed by atoms with Gasteiger partial charge in [0.2, 0.25) is 0 Å². The molecule has 0 fully saturated rings. The van der Waals surface area contributed by atoms with Gasteiger partial charge in [-0.2, -0.15) is 0 Å². The van der Waals surface area contributed by atoms with E-state index in [4.69, 9.17) is 0 Å². The molecule has 3 heteroatoms. The van der Waals surface area contributed by atoms with Gasteiger partial charge in [0.1, 0.15) is 12.1 Å². The van der Waals surface area contributed by atoms with Gasteiger partial charge in [-0.3, -0.25) is 4.79 Å². The topological polar surface area (TPSA) is 42.9 Å². The molecule has 0 aliphatic heterocycles. The Labute approximate surface area is 109 Å². The fourth-order valence-corrected chi connectivity index (χ4v) is 2.97. The quantitative estimate of drug-likeness (QED) is 0.770. The number of aromatic nitrogens is 2. The third-order valence-corrected chi connectivity index (χ3v) is 3.81. The summed E-state index contributed by atoms with van der Waals surface area (Å²) in [6.07, 6.45) is 7.35. The van der Waals surface area contributed by atoms with Crippen molar-refractivity contribution < 1.29 is 4.79 Å². The average molecular weight is 246 g/mol. The Hall–Kier alpha value is -1.25. The number of ketones is 1. The summed E-state index contributed by atoms with van der Waals surface area (Å²) in [6, 6.07) is 0. The van der Waals surface area contributed by atoms with Gasteiger partial charge in [-0.05, 0) is 44.1 Å². The van der Waals surface area contributed by atoms with E-state index in [0.717, 1.165) is 18.5 Å². The Balaban J connectivity index is 2.46. The maximum absolute atomic E-state index is 11.9. The average Bonchev–Trinajstić information content (AvgIpc) is 2.53. The van der Waals surface area contributed by atoms with Crippen molar-refractivity contribution in [1.29, 1.82) is 0 Å². The van der Waals surface area contributed by atoms with Crippen LogP contribution in [0.5, 0.6) is 0 Å². The van der Waals surface area contributed by atoms with Gasteiger partial charge in [-0.15, -0.1) is 0 Å². The van der Waals surface area contributed by atoms with Crippen LogP contribution in [0.3, 0.4) is 0 Å². The standard InChI is InChI=1S/C15H22N2O/c1-10(2)14(11(3)18)15-12-7-5-4-6-8-13(12)16-9-17-15/h9-10,14H,4-8H2,1-3H3. The van der Waals surface area contributed by atoms with Crippen LogP contribution in [-0.4, -0.2) is 15.8 Å². The minimum Gasteiger partial charge on any atom is -0.299 e. The van der Waals surface area contributed by atoms with Gasteiger partial charge in [-0.25, -0.2) is 9.97 Å². The van der Waals surface area contributed by atoms with Crippen molar-refractivity contribution in [2.45, 2.75) is 58.8 Å². The van der Waals surface area contributed by atoms with Gasteiger partial charge in [0.25, 0.3) is 0 Å². The highest BCUT2D eigenvalue weighted by Gasteiger charge is 2.26. The minimum atomic E-state index is -0.0696. The molecule has 0 aromatic carbocycles. The summed E-state index contributed by atoms with van der Waals surface area (Å²) in [7, 11) is 0. The number of rotatable bonds is 3. The lowest BCUT2D eigenvalue weighted by Gasteiger charge is -2.21. The molecule has 0 bridgehead atoms. The summed E-state index contributed by atoms with van der Waals surface area (Å²) >= 11 is 0. The van der Waals surface area contributed by atoms with Crippen LogP contribution in [0.25, 0.3) is 0 Å². The molecule has 3 nitrogen and oxygen atoms in total. The van der Waals surface area contributed by atoms with Crippen LogP contribution in [0.1, 0.15) is 62.9 Å². The van der Waals surface area contributed by atoms with E-state index >= 15 is 0 Å². The Morgan fingerprint density at radius 2 is 1.89 bits per heavy atom. The first-order valence-corrected chi connectivity index (χ1v) is 6.94. The van der Waals surface area contributed by atoms with Crippen molar-refractivity contribution in [2.75, 3.05) is 0 Å². The van der Waals surface area contributed by atoms with Crippen molar-refractivity contribution >= 4 is 5.78 Å². The predicted octanol–water partition coefficient (Wildman–Crippen LogP) is 3.07. The van der Waals surface area contributed by atoms with Crippen molar-refractivity contribution in [3.8, 4) is 0 Å². The number of nitrogens with zero attached hydrogens (tertiary/aromatic N) is 2. The Morgan fingerprint density at radius 3 is 2.56 bits per heavy atom. The molecule has 1 aliphatic rings. The first kappa shape index (κ1) is 13.2. The van der Waals surface area contributed by atoms with Crippen LogP contribution in [0, 0.1) is 5.92 Å². The molecule has 1 aromatic heterocycles. The molecule has 98 valence electrons. The zero-order valence-corrected chi connectivity index (χ0v) is 11.6. The van der Waals surface area contributed by atoms with Gasteiger partial charge in [-0.1, -0.05) is 20.3 Å². The van der Waals surface area contributed by atoms with Crippen molar-refractivity contribution in [3.05, 3.63) is 23.3 Å². The number of hydrogen-bond donors (Lipinski definition) is 0. The Kier molecular flexibility index (Phi) is 4.10. The number of hydrogen-bond acceptors (Lipinski definition) is 3. The highest BCUT2D eigenvalue weighted by Crippen LogP contribution is 2.30. The molecule has 1 atom stereocenters. The minimum absolute atomic E-state index is 0.0696. The van der Waals surface area contributed by atoms with E-state index in [1.54, 1.807) is 13.3 Å². The third-order valence-electron chi connectivity index (χ3n) is 3.81. The molecular formula is C15H22N2O. The maximum atomic E-state index is 11.9. The van der Waals surface area contributed by atoms with Crippen molar-refractivity contribution in [2.24, 2.45) is 5.92 Å².